The molecule has 0 spiro atoms. The number of non-ortho nitro benzene ring substituents is 1. The molecule has 134 valence electrons. The van der Waals surface area contributed by atoms with Crippen LogP contribution in [-0.2, 0) is 0 Å². The molecule has 25 heavy (non-hydrogen) atoms. The summed E-state index contributed by atoms with van der Waals surface area (Å²) in [6, 6.07) is 8.53. The van der Waals surface area contributed by atoms with E-state index in [1.165, 1.54) is 17.7 Å². The van der Waals surface area contributed by atoms with Gasteiger partial charge in [0.25, 0.3) is 5.69 Å². The van der Waals surface area contributed by atoms with Crippen molar-refractivity contribution in [1.82, 2.24) is 0 Å². The number of aliphatic hydroxyl groups is 1. The van der Waals surface area contributed by atoms with Gasteiger partial charge in [-0.25, -0.2) is 0 Å². The van der Waals surface area contributed by atoms with E-state index in [0.717, 1.165) is 16.7 Å². The summed E-state index contributed by atoms with van der Waals surface area (Å²) in [5, 5.41) is 21.4. The predicted octanol–water partition coefficient (Wildman–Crippen LogP) is 4.73. The van der Waals surface area contributed by atoms with Crippen LogP contribution in [0.3, 0.4) is 0 Å². The first kappa shape index (κ1) is 18.9. The van der Waals surface area contributed by atoms with Crippen LogP contribution in [0.15, 0.2) is 30.3 Å². The van der Waals surface area contributed by atoms with Crippen molar-refractivity contribution in [2.45, 2.75) is 46.6 Å². The van der Waals surface area contributed by atoms with E-state index in [-0.39, 0.29) is 12.3 Å². The number of benzene rings is 2. The van der Waals surface area contributed by atoms with Crippen molar-refractivity contribution < 1.29 is 14.8 Å². The van der Waals surface area contributed by atoms with Gasteiger partial charge in [0.15, 0.2) is 0 Å². The minimum atomic E-state index is -0.947. The summed E-state index contributed by atoms with van der Waals surface area (Å²) in [5.41, 5.74) is 4.02. The zero-order valence-electron chi connectivity index (χ0n) is 15.4. The van der Waals surface area contributed by atoms with E-state index in [9.17, 15) is 15.2 Å². The Bertz CT molecular complexity index is 797. The highest BCUT2D eigenvalue weighted by atomic mass is 16.6. The molecule has 2 aromatic carbocycles. The van der Waals surface area contributed by atoms with E-state index in [2.05, 4.69) is 0 Å². The number of rotatable bonds is 6. The lowest BCUT2D eigenvalue weighted by Crippen LogP contribution is -2.31. The molecular formula is C20H25NO4. The maximum atomic E-state index is 11.2. The Morgan fingerprint density at radius 1 is 1.12 bits per heavy atom. The molecule has 0 aromatic heterocycles. The first-order chi connectivity index (χ1) is 11.7. The highest BCUT2D eigenvalue weighted by Gasteiger charge is 2.21. The maximum Gasteiger partial charge on any atom is 0.270 e. The lowest BCUT2D eigenvalue weighted by Gasteiger charge is -2.23. The van der Waals surface area contributed by atoms with Crippen molar-refractivity contribution >= 4 is 5.69 Å². The molecule has 5 heteroatoms. The van der Waals surface area contributed by atoms with Gasteiger partial charge in [-0.15, -0.1) is 0 Å². The lowest BCUT2D eigenvalue weighted by atomic mass is 9.93. The van der Waals surface area contributed by atoms with Crippen molar-refractivity contribution in [2.24, 2.45) is 0 Å². The molecular weight excluding hydrogens is 318 g/mol. The first-order valence-electron chi connectivity index (χ1n) is 8.37. The van der Waals surface area contributed by atoms with Gasteiger partial charge < -0.3 is 9.84 Å². The highest BCUT2D eigenvalue weighted by molar-refractivity contribution is 5.76. The largest absolute Gasteiger partial charge is 0.490 e. The molecule has 0 radical (unpaired) electrons. The molecule has 0 aliphatic rings. The summed E-state index contributed by atoms with van der Waals surface area (Å²) >= 11 is 0. The van der Waals surface area contributed by atoms with Gasteiger partial charge in [-0.1, -0.05) is 19.1 Å². The van der Waals surface area contributed by atoms with E-state index in [1.807, 2.05) is 39.8 Å². The summed E-state index contributed by atoms with van der Waals surface area (Å²) in [6.45, 7) is 9.79. The van der Waals surface area contributed by atoms with Crippen molar-refractivity contribution in [1.29, 1.82) is 0 Å². The molecule has 2 aromatic rings. The standard InChI is InChI=1S/C20H25NO4/c1-6-20(5,22)12-25-19-10-8-16(21(23)24)11-18(19)17-9-7-13(2)14(3)15(17)4/h7-11,22H,6,12H2,1-5H3. The Labute approximate surface area is 148 Å². The molecule has 2 rings (SSSR count). The number of ether oxygens (including phenoxy) is 1. The van der Waals surface area contributed by atoms with Crippen LogP contribution in [0.2, 0.25) is 0 Å². The second-order valence-corrected chi connectivity index (χ2v) is 6.76. The lowest BCUT2D eigenvalue weighted by molar-refractivity contribution is -0.384. The van der Waals surface area contributed by atoms with Gasteiger partial charge >= 0.3 is 0 Å². The van der Waals surface area contributed by atoms with E-state index in [4.69, 9.17) is 4.74 Å². The average Bonchev–Trinajstić information content (AvgIpc) is 2.58. The summed E-state index contributed by atoms with van der Waals surface area (Å²) in [6.07, 6.45) is 0.554. The molecule has 1 atom stereocenters. The summed E-state index contributed by atoms with van der Waals surface area (Å²) in [5.74, 6) is 0.533. The minimum Gasteiger partial charge on any atom is -0.490 e. The molecule has 0 saturated heterocycles. The Balaban J connectivity index is 2.55. The SMILES string of the molecule is CCC(C)(O)COc1ccc([N+](=O)[O-])cc1-c1ccc(C)c(C)c1C. The number of hydrogen-bond acceptors (Lipinski definition) is 4. The third-order valence-corrected chi connectivity index (χ3v) is 4.82. The molecule has 5 nitrogen and oxygen atoms in total. The van der Waals surface area contributed by atoms with Gasteiger partial charge in [0.2, 0.25) is 0 Å². The predicted molar refractivity (Wildman–Crippen MR) is 99.2 cm³/mol. The van der Waals surface area contributed by atoms with E-state index in [1.54, 1.807) is 13.0 Å². The van der Waals surface area contributed by atoms with Crippen LogP contribution >= 0.6 is 0 Å². The number of nitro benzene ring substituents is 1. The molecule has 1 unspecified atom stereocenters. The second kappa shape index (κ2) is 7.23. The zero-order chi connectivity index (χ0) is 18.8. The number of aryl methyl sites for hydroxylation is 1. The molecule has 0 bridgehead atoms. The maximum absolute atomic E-state index is 11.2. The number of nitro groups is 1. The summed E-state index contributed by atoms with van der Waals surface area (Å²) in [4.78, 5) is 10.8. The summed E-state index contributed by atoms with van der Waals surface area (Å²) in [7, 11) is 0. The van der Waals surface area contributed by atoms with Gasteiger partial charge in [-0.3, -0.25) is 10.1 Å². The van der Waals surface area contributed by atoms with E-state index >= 15 is 0 Å². The Hall–Kier alpha value is -2.40. The van der Waals surface area contributed by atoms with Crippen LogP contribution < -0.4 is 4.74 Å². The minimum absolute atomic E-state index is 0.0160. The molecule has 0 aliphatic heterocycles. The number of hydrogen-bond donors (Lipinski definition) is 1. The first-order valence-corrected chi connectivity index (χ1v) is 8.37. The quantitative estimate of drug-likeness (QED) is 0.608. The van der Waals surface area contributed by atoms with E-state index in [0.29, 0.717) is 17.7 Å². The molecule has 0 heterocycles. The van der Waals surface area contributed by atoms with Crippen molar-refractivity contribution in [2.75, 3.05) is 6.61 Å². The molecule has 1 N–H and O–H groups in total. The molecule has 0 fully saturated rings. The fourth-order valence-electron chi connectivity index (χ4n) is 2.55. The van der Waals surface area contributed by atoms with E-state index < -0.39 is 10.5 Å². The Kier molecular flexibility index (Phi) is 5.48. The van der Waals surface area contributed by atoms with Crippen LogP contribution in [0.1, 0.15) is 37.0 Å². The third kappa shape index (κ3) is 4.17. The van der Waals surface area contributed by atoms with Gasteiger partial charge in [0.1, 0.15) is 12.4 Å². The normalized spacial score (nSPS) is 13.4. The summed E-state index contributed by atoms with van der Waals surface area (Å²) < 4.78 is 5.83. The Morgan fingerprint density at radius 2 is 1.80 bits per heavy atom. The number of nitrogens with zero attached hydrogens (tertiary/aromatic N) is 1. The van der Waals surface area contributed by atoms with Crippen LogP contribution in [-0.4, -0.2) is 22.2 Å². The van der Waals surface area contributed by atoms with Crippen LogP contribution in [0.25, 0.3) is 11.1 Å². The monoisotopic (exact) mass is 343 g/mol. The zero-order valence-corrected chi connectivity index (χ0v) is 15.4. The van der Waals surface area contributed by atoms with Crippen LogP contribution in [0.4, 0.5) is 5.69 Å². The highest BCUT2D eigenvalue weighted by Crippen LogP contribution is 2.37. The van der Waals surface area contributed by atoms with Gasteiger partial charge in [0.05, 0.1) is 10.5 Å². The van der Waals surface area contributed by atoms with Crippen LogP contribution in [0.5, 0.6) is 5.75 Å². The van der Waals surface area contributed by atoms with Gasteiger partial charge in [-0.2, -0.15) is 0 Å². The fourth-order valence-corrected chi connectivity index (χ4v) is 2.55. The van der Waals surface area contributed by atoms with Crippen molar-refractivity contribution in [3.8, 4) is 16.9 Å². The van der Waals surface area contributed by atoms with Crippen LogP contribution in [0, 0.1) is 30.9 Å². The molecule has 0 saturated carbocycles. The Morgan fingerprint density at radius 3 is 2.40 bits per heavy atom. The van der Waals surface area contributed by atoms with Crippen molar-refractivity contribution in [3.05, 3.63) is 57.1 Å². The fraction of sp³-hybridized carbons (Fsp3) is 0.400. The third-order valence-electron chi connectivity index (χ3n) is 4.82. The van der Waals surface area contributed by atoms with Gasteiger partial charge in [-0.05, 0) is 62.4 Å². The molecule has 0 amide bonds. The van der Waals surface area contributed by atoms with Crippen molar-refractivity contribution in [3.63, 3.8) is 0 Å². The second-order valence-electron chi connectivity index (χ2n) is 6.76. The average molecular weight is 343 g/mol. The molecule has 0 aliphatic carbocycles. The van der Waals surface area contributed by atoms with Gasteiger partial charge in [0, 0.05) is 17.7 Å². The smallest absolute Gasteiger partial charge is 0.270 e. The topological polar surface area (TPSA) is 72.6 Å².